The lowest BCUT2D eigenvalue weighted by molar-refractivity contribution is -0.175. The summed E-state index contributed by atoms with van der Waals surface area (Å²) in [6, 6.07) is 0. The van der Waals surface area contributed by atoms with Gasteiger partial charge in [0, 0.05) is 40.0 Å². The molecule has 12 heterocycles. The Kier molecular flexibility index (Phi) is 28.3. The van der Waals surface area contributed by atoms with Crippen molar-refractivity contribution in [3.63, 3.8) is 0 Å². The van der Waals surface area contributed by atoms with Crippen molar-refractivity contribution in [3.8, 4) is 17.6 Å². The maximum Gasteiger partial charge on any atom is 0.475 e. The topological polar surface area (TPSA) is 556 Å². The first-order valence-electron chi connectivity index (χ1n) is 36.6. The second kappa shape index (κ2) is 36.7. The molecule has 0 amide bonds. The highest BCUT2D eigenvalue weighted by Gasteiger charge is 2.66. The number of fused-ring (bicyclic) bond motifs is 6. The van der Waals surface area contributed by atoms with Crippen LogP contribution in [0.1, 0.15) is 161 Å². The van der Waals surface area contributed by atoms with Crippen molar-refractivity contribution in [3.05, 3.63) is 19.0 Å². The minimum absolute atomic E-state index is 0.0536. The summed E-state index contributed by atoms with van der Waals surface area (Å²) in [6.07, 6.45) is -4.00. The molecule has 6 fully saturated rings. The van der Waals surface area contributed by atoms with Crippen LogP contribution in [0.3, 0.4) is 0 Å². The molecule has 6 aliphatic rings. The van der Waals surface area contributed by atoms with Crippen LogP contribution in [0.25, 0.3) is 33.5 Å². The Hall–Kier alpha value is -8.52. The number of esters is 6. The van der Waals surface area contributed by atoms with Gasteiger partial charge in [0.05, 0.1) is 96.8 Å². The number of carbonyl (C=O) groups is 6. The van der Waals surface area contributed by atoms with Crippen molar-refractivity contribution < 1.29 is 140 Å². The molecule has 12 rings (SSSR count). The van der Waals surface area contributed by atoms with Crippen LogP contribution < -0.4 is 31.4 Å². The molecule has 0 aliphatic carbocycles. The quantitative estimate of drug-likeness (QED) is 0.0179. The van der Waals surface area contributed by atoms with Gasteiger partial charge in [-0.25, -0.2) is 28.6 Å². The molecule has 48 heteroatoms. The van der Waals surface area contributed by atoms with E-state index in [1.165, 1.54) is 53.5 Å². The lowest BCUT2D eigenvalue weighted by Crippen LogP contribution is -2.50. The molecule has 630 valence electrons. The highest BCUT2D eigenvalue weighted by Crippen LogP contribution is 2.63. The molecular formula is C66H96N15O30P3. The Labute approximate surface area is 652 Å². The molecule has 6 N–H and O–H groups in total. The number of hydrogen-bond donors (Lipinski definition) is 3. The Bertz CT molecular complexity index is 4160. The van der Waals surface area contributed by atoms with Gasteiger partial charge in [-0.3, -0.25) is 83.2 Å². The lowest BCUT2D eigenvalue weighted by atomic mass is 9.96. The molecule has 114 heavy (non-hydrogen) atoms. The third-order valence-electron chi connectivity index (χ3n) is 17.3. The predicted octanol–water partition coefficient (Wildman–Crippen LogP) is 6.89. The van der Waals surface area contributed by atoms with Gasteiger partial charge >= 0.3 is 59.3 Å². The normalized spacial score (nSPS) is 28.8. The van der Waals surface area contributed by atoms with Crippen LogP contribution in [0.4, 0.5) is 17.8 Å². The molecule has 45 nitrogen and oxygen atoms in total. The van der Waals surface area contributed by atoms with Crippen molar-refractivity contribution in [2.75, 3.05) is 76.7 Å². The number of anilines is 3. The molecule has 0 aromatic carbocycles. The van der Waals surface area contributed by atoms with Crippen LogP contribution in [0.2, 0.25) is 0 Å². The molecule has 0 bridgehead atoms. The number of nitrogen functional groups attached to an aromatic ring is 3. The van der Waals surface area contributed by atoms with Crippen LogP contribution in [-0.2, 0) is 126 Å². The molecule has 0 saturated carbocycles. The SMILES string of the molecule is CCOc1nc(N)nc2c1ncn2[C@@H]1O[C@@H]2COP(=O)(OCCCC(=O)OC(C)C)O[C@H]2[C@@]1(C)OC(C)=O.CCOc1nc(N)nc2c1ncn2[C@@H]1O[C@@H]2CO[P@@](=O)(OCCCC(=O)OC(C)C)O[C@H]2[C@@]1(C)OC(C)=O.CCOc1nc(N)nc2c1ncn2[C@@H]1O[C@@H]2CO[P@](=O)(OCCCC(=O)OC(C)C)O[C@H]2[C@@]1(C)OC(C)=O. The van der Waals surface area contributed by atoms with E-state index in [2.05, 4.69) is 44.9 Å². The van der Waals surface area contributed by atoms with Crippen molar-refractivity contribution in [2.24, 2.45) is 0 Å². The zero-order valence-electron chi connectivity index (χ0n) is 65.5. The molecule has 6 aliphatic heterocycles. The van der Waals surface area contributed by atoms with Gasteiger partial charge in [0.15, 0.2) is 69.0 Å². The average molecular weight is 1670 g/mol. The maximum absolute atomic E-state index is 13.3. The molecule has 0 radical (unpaired) electrons. The van der Waals surface area contributed by atoms with E-state index in [9.17, 15) is 42.5 Å². The van der Waals surface area contributed by atoms with E-state index < -0.39 is 131 Å². The standard InChI is InChI=1S/3C22H32N5O10P/c3*1-6-31-19-16-18(25-21(23)26-19)27(11-24-16)20-22(5,36-13(4)28)17-14(35-20)10-33-38(30,37-17)32-9-7-8-15(29)34-12(2)3/h3*11-12,14,17,20H,6-10H2,1-5H3,(H2,23,25,26)/t14-,17-,20-,22-,38?;14-,17-,20-,22-,38+;14-,17-,20-,22-,38-/m111/s1. The highest BCUT2D eigenvalue weighted by molar-refractivity contribution is 7.49. The second-order valence-electron chi connectivity index (χ2n) is 27.6. The molecule has 6 aromatic rings. The average Bonchev–Trinajstić information content (AvgIpc) is 1.58. The Morgan fingerprint density at radius 3 is 0.930 bits per heavy atom. The van der Waals surface area contributed by atoms with Crippen molar-refractivity contribution in [2.45, 2.75) is 233 Å². The van der Waals surface area contributed by atoms with E-state index in [1.54, 1.807) is 83.1 Å². The Morgan fingerprint density at radius 2 is 0.702 bits per heavy atom. The van der Waals surface area contributed by atoms with Gasteiger partial charge in [-0.1, -0.05) is 0 Å². The van der Waals surface area contributed by atoms with Crippen molar-refractivity contribution >= 4 is 111 Å². The van der Waals surface area contributed by atoms with Crippen LogP contribution in [0, 0.1) is 0 Å². The number of imidazole rings is 3. The highest BCUT2D eigenvalue weighted by atomic mass is 31.2. The number of phosphoric ester groups is 3. The van der Waals surface area contributed by atoms with Crippen LogP contribution >= 0.6 is 23.5 Å². The van der Waals surface area contributed by atoms with Gasteiger partial charge in [-0.05, 0) is 102 Å². The molecule has 6 saturated heterocycles. The van der Waals surface area contributed by atoms with Crippen LogP contribution in [0.15, 0.2) is 19.0 Å². The number of nitrogens with two attached hydrogens (primary N) is 3. The number of nitrogens with zero attached hydrogens (tertiary/aromatic N) is 12. The van der Waals surface area contributed by atoms with Crippen LogP contribution in [0.5, 0.6) is 17.6 Å². The Balaban J connectivity index is 0.000000181. The van der Waals surface area contributed by atoms with Gasteiger partial charge in [0.1, 0.15) is 36.6 Å². The van der Waals surface area contributed by atoms with Gasteiger partial charge < -0.3 is 74.0 Å². The van der Waals surface area contributed by atoms with E-state index in [0.29, 0.717) is 36.4 Å². The monoisotopic (exact) mass is 1670 g/mol. The summed E-state index contributed by atoms with van der Waals surface area (Å²) in [5, 5.41) is 0. The number of hydrogen-bond acceptors (Lipinski definition) is 42. The van der Waals surface area contributed by atoms with Gasteiger partial charge in [0.2, 0.25) is 35.5 Å². The number of rotatable bonds is 30. The molecule has 6 aromatic heterocycles. The summed E-state index contributed by atoms with van der Waals surface area (Å²) in [5.74, 6) is -2.65. The third-order valence-corrected chi connectivity index (χ3v) is 21.7. The minimum Gasteiger partial charge on any atom is -0.476 e. The summed E-state index contributed by atoms with van der Waals surface area (Å²) in [4.78, 5) is 110. The first-order chi connectivity index (χ1) is 53.9. The summed E-state index contributed by atoms with van der Waals surface area (Å²) >= 11 is 0. The van der Waals surface area contributed by atoms with E-state index in [1.807, 2.05) is 0 Å². The summed E-state index contributed by atoms with van der Waals surface area (Å²) in [6.45, 7) is 24.5. The lowest BCUT2D eigenvalue weighted by Gasteiger charge is -2.37. The van der Waals surface area contributed by atoms with Crippen molar-refractivity contribution in [1.82, 2.24) is 58.6 Å². The number of aromatic nitrogens is 12. The third kappa shape index (κ3) is 20.3. The number of ether oxygens (including phenoxy) is 12. The molecular weight excluding hydrogens is 1580 g/mol. The number of carbonyl (C=O) groups excluding carboxylic acids is 6. The molecule has 15 atom stereocenters. The van der Waals surface area contributed by atoms with E-state index in [-0.39, 0.29) is 149 Å². The fourth-order valence-electron chi connectivity index (χ4n) is 13.1. The fourth-order valence-corrected chi connectivity index (χ4v) is 17.6. The zero-order valence-corrected chi connectivity index (χ0v) is 68.1. The summed E-state index contributed by atoms with van der Waals surface area (Å²) < 4.78 is 162. The minimum atomic E-state index is -4.08. The predicted molar refractivity (Wildman–Crippen MR) is 389 cm³/mol. The second-order valence-corrected chi connectivity index (χ2v) is 32.4. The van der Waals surface area contributed by atoms with E-state index >= 15 is 0 Å². The largest absolute Gasteiger partial charge is 0.476 e. The first kappa shape index (κ1) is 87.9. The summed E-state index contributed by atoms with van der Waals surface area (Å²) in [7, 11) is -12.3. The van der Waals surface area contributed by atoms with Crippen LogP contribution in [-0.4, -0.2) is 226 Å². The van der Waals surface area contributed by atoms with Gasteiger partial charge in [0.25, 0.3) is 0 Å². The van der Waals surface area contributed by atoms with Gasteiger partial charge in [-0.2, -0.15) is 29.9 Å². The van der Waals surface area contributed by atoms with E-state index in [4.69, 9.17) is 115 Å². The van der Waals surface area contributed by atoms with Gasteiger partial charge in [-0.15, -0.1) is 0 Å². The Morgan fingerprint density at radius 1 is 0.447 bits per heavy atom. The fraction of sp³-hybridized carbons (Fsp3) is 0.682. The zero-order chi connectivity index (χ0) is 83.0. The molecule has 1 unspecified atom stereocenters. The smallest absolute Gasteiger partial charge is 0.475 e. The van der Waals surface area contributed by atoms with Crippen molar-refractivity contribution in [1.29, 1.82) is 0 Å². The number of phosphoric acid groups is 3. The summed E-state index contributed by atoms with van der Waals surface area (Å²) in [5.41, 5.74) is 15.0. The first-order valence-corrected chi connectivity index (χ1v) is 41.0. The molecule has 0 spiro atoms. The van der Waals surface area contributed by atoms with E-state index in [0.717, 1.165) is 0 Å². The maximum atomic E-state index is 13.3.